The van der Waals surface area contributed by atoms with Crippen LogP contribution in [0.2, 0.25) is 0 Å². The van der Waals surface area contributed by atoms with Gasteiger partial charge < -0.3 is 10.2 Å². The molecule has 1 fully saturated rings. The summed E-state index contributed by atoms with van der Waals surface area (Å²) in [6, 6.07) is 3.63. The third-order valence-electron chi connectivity index (χ3n) is 5.44. The highest BCUT2D eigenvalue weighted by atomic mass is 32.2. The van der Waals surface area contributed by atoms with Crippen LogP contribution in [0.5, 0.6) is 0 Å². The molecule has 3 rings (SSSR count). The zero-order valence-corrected chi connectivity index (χ0v) is 16.9. The van der Waals surface area contributed by atoms with E-state index in [-0.39, 0.29) is 16.8 Å². The van der Waals surface area contributed by atoms with Gasteiger partial charge in [0.15, 0.2) is 9.84 Å². The first kappa shape index (κ1) is 21.1. The van der Waals surface area contributed by atoms with Crippen LogP contribution in [0, 0.1) is 17.6 Å². The van der Waals surface area contributed by atoms with Crippen molar-refractivity contribution in [3.8, 4) is 0 Å². The van der Waals surface area contributed by atoms with Crippen LogP contribution in [-0.4, -0.2) is 47.4 Å². The molecule has 1 N–H and O–H groups in total. The number of anilines is 1. The highest BCUT2D eigenvalue weighted by molar-refractivity contribution is 7.92. The van der Waals surface area contributed by atoms with E-state index in [4.69, 9.17) is 0 Å². The Kier molecular flexibility index (Phi) is 5.83. The summed E-state index contributed by atoms with van der Waals surface area (Å²) in [5.74, 6) is -2.14. The Morgan fingerprint density at radius 3 is 2.31 bits per heavy atom. The summed E-state index contributed by atoms with van der Waals surface area (Å²) < 4.78 is 52.0. The number of nitrogens with zero attached hydrogens (tertiary/aromatic N) is 3. The van der Waals surface area contributed by atoms with Crippen LogP contribution in [0.25, 0.3) is 0 Å². The lowest BCUT2D eigenvalue weighted by Crippen LogP contribution is -2.48. The molecule has 1 aliphatic heterocycles. The molecule has 0 unspecified atom stereocenters. The quantitative estimate of drug-likeness (QED) is 0.813. The standard InChI is InChI=1S/C19H22F2N4O3S/c1-19(2,29(27,28)17-10-14(20)9-15(21)11-17)13-4-7-25(8-5-13)18(26)24-16-3-6-22-23-12-16/h3,6,9-13H,4-5,7-8H2,1-2H3,(H,22,24,26). The average Bonchev–Trinajstić information content (AvgIpc) is 2.68. The number of hydrogen-bond acceptors (Lipinski definition) is 5. The van der Waals surface area contributed by atoms with Crippen molar-refractivity contribution in [1.82, 2.24) is 15.1 Å². The number of likely N-dealkylation sites (tertiary alicyclic amines) is 1. The summed E-state index contributed by atoms with van der Waals surface area (Å²) in [5.41, 5.74) is 0.517. The van der Waals surface area contributed by atoms with E-state index in [9.17, 15) is 22.0 Å². The fourth-order valence-electron chi connectivity index (χ4n) is 3.55. The molecule has 1 aromatic heterocycles. The van der Waals surface area contributed by atoms with E-state index in [2.05, 4.69) is 15.5 Å². The van der Waals surface area contributed by atoms with Crippen molar-refractivity contribution in [2.45, 2.75) is 36.3 Å². The number of rotatable bonds is 4. The second-order valence-corrected chi connectivity index (χ2v) is 10.1. The molecule has 29 heavy (non-hydrogen) atoms. The first-order valence-corrected chi connectivity index (χ1v) is 10.6. The maximum atomic E-state index is 13.5. The van der Waals surface area contributed by atoms with Gasteiger partial charge in [-0.25, -0.2) is 22.0 Å². The second kappa shape index (κ2) is 8.02. The van der Waals surface area contributed by atoms with Crippen LogP contribution in [0.1, 0.15) is 26.7 Å². The van der Waals surface area contributed by atoms with Crippen LogP contribution >= 0.6 is 0 Å². The molecule has 10 heteroatoms. The van der Waals surface area contributed by atoms with E-state index < -0.39 is 26.2 Å². The first-order valence-electron chi connectivity index (χ1n) is 9.14. The average molecular weight is 424 g/mol. The van der Waals surface area contributed by atoms with Gasteiger partial charge in [-0.05, 0) is 50.8 Å². The van der Waals surface area contributed by atoms with Crippen LogP contribution < -0.4 is 5.32 Å². The highest BCUT2D eigenvalue weighted by Crippen LogP contribution is 2.38. The molecule has 1 aromatic carbocycles. The van der Waals surface area contributed by atoms with E-state index in [0.717, 1.165) is 12.1 Å². The minimum absolute atomic E-state index is 0.273. The lowest BCUT2D eigenvalue weighted by molar-refractivity contribution is 0.171. The van der Waals surface area contributed by atoms with Gasteiger partial charge >= 0.3 is 6.03 Å². The van der Waals surface area contributed by atoms with Gasteiger partial charge in [0.25, 0.3) is 0 Å². The van der Waals surface area contributed by atoms with Crippen molar-refractivity contribution >= 4 is 21.6 Å². The molecule has 0 aliphatic carbocycles. The number of nitrogens with one attached hydrogen (secondary N) is 1. The Balaban J connectivity index is 1.69. The zero-order chi connectivity index (χ0) is 21.2. The Hall–Kier alpha value is -2.62. The molecule has 1 saturated heterocycles. The minimum atomic E-state index is -3.98. The van der Waals surface area contributed by atoms with Crippen molar-refractivity contribution < 1.29 is 22.0 Å². The van der Waals surface area contributed by atoms with Crippen LogP contribution in [0.4, 0.5) is 19.3 Å². The topological polar surface area (TPSA) is 92.3 Å². The fraction of sp³-hybridized carbons (Fsp3) is 0.421. The van der Waals surface area contributed by atoms with Gasteiger partial charge in [-0.1, -0.05) is 0 Å². The van der Waals surface area contributed by atoms with Gasteiger partial charge in [0.2, 0.25) is 0 Å². The molecule has 1 aliphatic rings. The molecule has 2 aromatic rings. The minimum Gasteiger partial charge on any atom is -0.325 e. The molecule has 7 nitrogen and oxygen atoms in total. The summed E-state index contributed by atoms with van der Waals surface area (Å²) in [5, 5.41) is 10.1. The number of carbonyl (C=O) groups excluding carboxylic acids is 1. The van der Waals surface area contributed by atoms with E-state index >= 15 is 0 Å². The molecule has 0 spiro atoms. The van der Waals surface area contributed by atoms with Crippen molar-refractivity contribution in [2.75, 3.05) is 18.4 Å². The number of benzene rings is 1. The van der Waals surface area contributed by atoms with Crippen molar-refractivity contribution in [2.24, 2.45) is 5.92 Å². The molecule has 156 valence electrons. The van der Waals surface area contributed by atoms with Gasteiger partial charge in [-0.2, -0.15) is 10.2 Å². The molecule has 0 radical (unpaired) electrons. The lowest BCUT2D eigenvalue weighted by Gasteiger charge is -2.40. The third kappa shape index (κ3) is 4.36. The van der Waals surface area contributed by atoms with Gasteiger partial charge in [0, 0.05) is 19.2 Å². The van der Waals surface area contributed by atoms with E-state index in [1.807, 2.05) is 0 Å². The zero-order valence-electron chi connectivity index (χ0n) is 16.1. The van der Waals surface area contributed by atoms with Crippen molar-refractivity contribution in [3.63, 3.8) is 0 Å². The molecule has 0 atom stereocenters. The normalized spacial score (nSPS) is 15.9. The van der Waals surface area contributed by atoms with Crippen molar-refractivity contribution in [1.29, 1.82) is 0 Å². The number of hydrogen-bond donors (Lipinski definition) is 1. The number of urea groups is 1. The molecular weight excluding hydrogens is 402 g/mol. The number of piperidine rings is 1. The summed E-state index contributed by atoms with van der Waals surface area (Å²) in [7, 11) is -3.98. The third-order valence-corrected chi connectivity index (χ3v) is 8.01. The summed E-state index contributed by atoms with van der Waals surface area (Å²) in [6.07, 6.45) is 3.79. The number of sulfone groups is 1. The first-order chi connectivity index (χ1) is 13.6. The molecule has 2 amide bonds. The van der Waals surface area contributed by atoms with Gasteiger partial charge in [-0.15, -0.1) is 0 Å². The fourth-order valence-corrected chi connectivity index (χ4v) is 5.37. The molecular formula is C19H22F2N4O3S. The molecule has 2 heterocycles. The Labute approximate surface area is 168 Å². The number of aromatic nitrogens is 2. The monoisotopic (exact) mass is 424 g/mol. The maximum Gasteiger partial charge on any atom is 0.321 e. The van der Waals surface area contributed by atoms with Crippen molar-refractivity contribution in [3.05, 3.63) is 48.3 Å². The Morgan fingerprint density at radius 2 is 1.76 bits per heavy atom. The predicted octanol–water partition coefficient (Wildman–Crippen LogP) is 3.25. The lowest BCUT2D eigenvalue weighted by atomic mass is 9.86. The van der Waals surface area contributed by atoms with Gasteiger partial charge in [0.05, 0.1) is 27.7 Å². The molecule has 0 saturated carbocycles. The second-order valence-electron chi connectivity index (χ2n) is 7.53. The summed E-state index contributed by atoms with van der Waals surface area (Å²) >= 11 is 0. The molecule has 0 bridgehead atoms. The van der Waals surface area contributed by atoms with Crippen LogP contribution in [0.3, 0.4) is 0 Å². The summed E-state index contributed by atoms with van der Waals surface area (Å²) in [6.45, 7) is 3.86. The van der Waals surface area contributed by atoms with Gasteiger partial charge in [-0.3, -0.25) is 0 Å². The highest BCUT2D eigenvalue weighted by Gasteiger charge is 2.44. The number of halogens is 2. The Morgan fingerprint density at radius 1 is 1.14 bits per heavy atom. The number of carbonyl (C=O) groups is 1. The van der Waals surface area contributed by atoms with Crippen LogP contribution in [-0.2, 0) is 9.84 Å². The predicted molar refractivity (Wildman–Crippen MR) is 103 cm³/mol. The maximum absolute atomic E-state index is 13.5. The SMILES string of the molecule is CC(C)(C1CCN(C(=O)Nc2ccnnc2)CC1)S(=O)(=O)c1cc(F)cc(F)c1. The van der Waals surface area contributed by atoms with E-state index in [0.29, 0.717) is 37.7 Å². The largest absolute Gasteiger partial charge is 0.325 e. The van der Waals surface area contributed by atoms with E-state index in [1.54, 1.807) is 24.8 Å². The van der Waals surface area contributed by atoms with Gasteiger partial charge in [0.1, 0.15) is 11.6 Å². The Bertz CT molecular complexity index is 972. The number of amides is 2. The van der Waals surface area contributed by atoms with E-state index in [1.165, 1.54) is 12.4 Å². The smallest absolute Gasteiger partial charge is 0.321 e. The summed E-state index contributed by atoms with van der Waals surface area (Å²) in [4.78, 5) is 13.6. The van der Waals surface area contributed by atoms with Crippen LogP contribution in [0.15, 0.2) is 41.6 Å².